The van der Waals surface area contributed by atoms with Crippen LogP contribution in [0.25, 0.3) is 11.3 Å². The number of halogens is 1. The zero-order chi connectivity index (χ0) is 26.2. The number of nitrogens with one attached hydrogen (secondary N) is 3. The van der Waals surface area contributed by atoms with Crippen LogP contribution in [-0.2, 0) is 21.2 Å². The summed E-state index contributed by atoms with van der Waals surface area (Å²) in [5.41, 5.74) is 5.58. The molecule has 0 aliphatic carbocycles. The third-order valence-corrected chi connectivity index (χ3v) is 8.28. The van der Waals surface area contributed by atoms with Gasteiger partial charge in [-0.25, -0.2) is 23.1 Å². The molecule has 0 radical (unpaired) electrons. The molecule has 0 spiro atoms. The Kier molecular flexibility index (Phi) is 6.97. The van der Waals surface area contributed by atoms with Crippen LogP contribution in [0.1, 0.15) is 29.7 Å². The Labute approximate surface area is 229 Å². The highest BCUT2D eigenvalue weighted by atomic mass is 127. The predicted molar refractivity (Wildman–Crippen MR) is 152 cm³/mol. The maximum atomic E-state index is 12.9. The largest absolute Gasteiger partial charge is 0.325 e. The van der Waals surface area contributed by atoms with Crippen molar-refractivity contribution in [3.8, 4) is 11.3 Å². The van der Waals surface area contributed by atoms with Gasteiger partial charge in [0, 0.05) is 32.6 Å². The number of rotatable bonds is 6. The lowest BCUT2D eigenvalue weighted by molar-refractivity contribution is -0.115. The summed E-state index contributed by atoms with van der Waals surface area (Å²) in [5, 5.41) is 6.07. The number of aryl methyl sites for hydroxylation is 1. The van der Waals surface area contributed by atoms with Gasteiger partial charge in [-0.15, -0.1) is 0 Å². The molecule has 0 bridgehead atoms. The van der Waals surface area contributed by atoms with Crippen LogP contribution in [0.5, 0.6) is 0 Å². The molecule has 0 unspecified atom stereocenters. The number of benzene rings is 3. The Morgan fingerprint density at radius 2 is 1.76 bits per heavy atom. The van der Waals surface area contributed by atoms with Gasteiger partial charge in [-0.2, -0.15) is 0 Å². The normalized spacial score (nSPS) is 13.6. The minimum absolute atomic E-state index is 0.117. The number of hydrogen-bond donors (Lipinski definition) is 3. The Balaban J connectivity index is 1.35. The van der Waals surface area contributed by atoms with Crippen molar-refractivity contribution in [3.63, 3.8) is 0 Å². The lowest BCUT2D eigenvalue weighted by Crippen LogP contribution is -2.26. The van der Waals surface area contributed by atoms with Gasteiger partial charge in [0.15, 0.2) is 0 Å². The smallest absolute Gasteiger partial charge is 0.241 e. The molecule has 4 aromatic rings. The van der Waals surface area contributed by atoms with E-state index in [1.165, 1.54) is 12.1 Å². The predicted octanol–water partition coefficient (Wildman–Crippen LogP) is 5.33. The number of fused-ring (bicyclic) bond motifs is 3. The van der Waals surface area contributed by atoms with Crippen LogP contribution in [0.15, 0.2) is 77.8 Å². The topological polar surface area (TPSA) is 113 Å². The van der Waals surface area contributed by atoms with E-state index >= 15 is 0 Å². The van der Waals surface area contributed by atoms with E-state index in [1.54, 1.807) is 18.3 Å². The molecule has 1 aliphatic heterocycles. The third kappa shape index (κ3) is 5.65. The summed E-state index contributed by atoms with van der Waals surface area (Å²) >= 11 is 2.20. The molecule has 1 atom stereocenters. The van der Waals surface area contributed by atoms with E-state index in [0.29, 0.717) is 23.0 Å². The van der Waals surface area contributed by atoms with Crippen LogP contribution in [-0.4, -0.2) is 24.3 Å². The minimum Gasteiger partial charge on any atom is -0.325 e. The number of nitrogens with zero attached hydrogens (tertiary/aromatic N) is 2. The Morgan fingerprint density at radius 3 is 2.49 bits per heavy atom. The first-order chi connectivity index (χ1) is 17.7. The average Bonchev–Trinajstić information content (AvgIpc) is 2.99. The second-order valence-electron chi connectivity index (χ2n) is 8.89. The molecule has 2 heterocycles. The highest BCUT2D eigenvalue weighted by molar-refractivity contribution is 14.1. The van der Waals surface area contributed by atoms with Gasteiger partial charge in [-0.05, 0) is 84.5 Å². The summed E-state index contributed by atoms with van der Waals surface area (Å²) in [7, 11) is -3.71. The summed E-state index contributed by atoms with van der Waals surface area (Å²) < 4.78 is 29.6. The fourth-order valence-corrected chi connectivity index (χ4v) is 5.82. The molecule has 0 saturated heterocycles. The first-order valence-electron chi connectivity index (χ1n) is 11.6. The molecule has 0 saturated carbocycles. The van der Waals surface area contributed by atoms with Crippen molar-refractivity contribution >= 4 is 55.8 Å². The number of hydrogen-bond acceptors (Lipinski definition) is 6. The molecule has 1 aliphatic rings. The van der Waals surface area contributed by atoms with Crippen LogP contribution in [0.3, 0.4) is 0 Å². The Morgan fingerprint density at radius 1 is 1.03 bits per heavy atom. The van der Waals surface area contributed by atoms with Crippen LogP contribution < -0.4 is 15.4 Å². The Bertz CT molecular complexity index is 1590. The number of carbonyl (C=O) groups is 1. The van der Waals surface area contributed by atoms with E-state index in [2.05, 4.69) is 47.9 Å². The molecule has 37 heavy (non-hydrogen) atoms. The van der Waals surface area contributed by atoms with Gasteiger partial charge >= 0.3 is 0 Å². The van der Waals surface area contributed by atoms with Crippen molar-refractivity contribution in [1.29, 1.82) is 0 Å². The van der Waals surface area contributed by atoms with Gasteiger partial charge in [0.25, 0.3) is 0 Å². The zero-order valence-corrected chi connectivity index (χ0v) is 23.1. The lowest BCUT2D eigenvalue weighted by Gasteiger charge is -2.15. The molecule has 8 nitrogen and oxygen atoms in total. The second kappa shape index (κ2) is 10.2. The van der Waals surface area contributed by atoms with E-state index in [1.807, 2.05) is 56.3 Å². The summed E-state index contributed by atoms with van der Waals surface area (Å²) in [4.78, 5) is 21.5. The SMILES string of the molecule is Cc1ccc([C@H](C)NS(=O)(=O)c2ccc(Nc3ncc4c(n3)-c3ccc(I)cc3NC(=O)C4)cc2)cc1. The summed E-state index contributed by atoms with van der Waals surface area (Å²) in [6.45, 7) is 3.80. The average molecular weight is 625 g/mol. The molecule has 3 aromatic carbocycles. The van der Waals surface area contributed by atoms with E-state index in [-0.39, 0.29) is 23.3 Å². The maximum Gasteiger partial charge on any atom is 0.241 e. The molecule has 3 N–H and O–H groups in total. The van der Waals surface area contributed by atoms with Crippen molar-refractivity contribution in [2.45, 2.75) is 31.2 Å². The minimum atomic E-state index is -3.71. The fraction of sp³-hybridized carbons (Fsp3) is 0.148. The highest BCUT2D eigenvalue weighted by Gasteiger charge is 2.22. The van der Waals surface area contributed by atoms with Crippen LogP contribution in [0.4, 0.5) is 17.3 Å². The van der Waals surface area contributed by atoms with Crippen molar-refractivity contribution in [3.05, 3.63) is 93.2 Å². The van der Waals surface area contributed by atoms with E-state index in [0.717, 1.165) is 25.8 Å². The third-order valence-electron chi connectivity index (χ3n) is 6.06. The van der Waals surface area contributed by atoms with Gasteiger partial charge < -0.3 is 10.6 Å². The lowest BCUT2D eigenvalue weighted by atomic mass is 10.1. The molecule has 5 rings (SSSR count). The van der Waals surface area contributed by atoms with E-state index in [9.17, 15) is 13.2 Å². The zero-order valence-electron chi connectivity index (χ0n) is 20.1. The standard InChI is InChI=1S/C27H24IN5O3S/c1-16-3-5-18(6-4-16)17(2)33-37(35,36)22-10-8-21(9-11-22)30-27-29-15-19-13-25(34)31-24-14-20(28)7-12-23(24)26(19)32-27/h3-12,14-15,17,33H,13H2,1-2H3,(H,31,34)(H,29,30,32)/t17-/m0/s1. The van der Waals surface area contributed by atoms with E-state index in [4.69, 9.17) is 0 Å². The monoisotopic (exact) mass is 625 g/mol. The molecule has 1 aromatic heterocycles. The first-order valence-corrected chi connectivity index (χ1v) is 14.2. The van der Waals surface area contributed by atoms with Gasteiger partial charge in [0.05, 0.1) is 22.7 Å². The van der Waals surface area contributed by atoms with Gasteiger partial charge in [0.2, 0.25) is 21.9 Å². The first kappa shape index (κ1) is 25.3. The number of amides is 1. The number of anilines is 3. The molecule has 10 heteroatoms. The van der Waals surface area contributed by atoms with Crippen molar-refractivity contribution < 1.29 is 13.2 Å². The molecular formula is C27H24IN5O3S. The second-order valence-corrected chi connectivity index (χ2v) is 11.8. The van der Waals surface area contributed by atoms with Crippen LogP contribution in [0.2, 0.25) is 0 Å². The van der Waals surface area contributed by atoms with Crippen LogP contribution in [0, 0.1) is 10.5 Å². The van der Waals surface area contributed by atoms with E-state index < -0.39 is 10.0 Å². The van der Waals surface area contributed by atoms with Gasteiger partial charge in [-0.3, -0.25) is 4.79 Å². The number of aromatic nitrogens is 2. The van der Waals surface area contributed by atoms with Crippen molar-refractivity contribution in [2.75, 3.05) is 10.6 Å². The van der Waals surface area contributed by atoms with Crippen molar-refractivity contribution in [1.82, 2.24) is 14.7 Å². The molecule has 0 fully saturated rings. The molecule has 188 valence electrons. The summed E-state index contributed by atoms with van der Waals surface area (Å²) in [5.74, 6) is 0.229. The highest BCUT2D eigenvalue weighted by Crippen LogP contribution is 2.34. The quantitative estimate of drug-likeness (QED) is 0.250. The fourth-order valence-electron chi connectivity index (χ4n) is 4.09. The van der Waals surface area contributed by atoms with Gasteiger partial charge in [0.1, 0.15) is 0 Å². The number of sulfonamides is 1. The summed E-state index contributed by atoms with van der Waals surface area (Å²) in [6, 6.07) is 19.6. The molecule has 1 amide bonds. The summed E-state index contributed by atoms with van der Waals surface area (Å²) in [6.07, 6.45) is 1.83. The van der Waals surface area contributed by atoms with Crippen LogP contribution >= 0.6 is 22.6 Å². The van der Waals surface area contributed by atoms with Crippen molar-refractivity contribution in [2.24, 2.45) is 0 Å². The Hall–Kier alpha value is -3.35. The number of carbonyl (C=O) groups excluding carboxylic acids is 1. The maximum absolute atomic E-state index is 12.9. The molecular weight excluding hydrogens is 601 g/mol. The van der Waals surface area contributed by atoms with Gasteiger partial charge in [-0.1, -0.05) is 29.8 Å².